The third kappa shape index (κ3) is 4.37. The normalized spacial score (nSPS) is 31.2. The van der Waals surface area contributed by atoms with Gasteiger partial charge in [0.1, 0.15) is 0 Å². The van der Waals surface area contributed by atoms with Gasteiger partial charge in [-0.1, -0.05) is 20.8 Å². The monoisotopic (exact) mass is 201 g/mol. The topological polar surface area (TPSA) is 12.0 Å². The van der Waals surface area contributed by atoms with Crippen LogP contribution in [0.15, 0.2) is 0 Å². The number of thioether (sulfide) groups is 1. The van der Waals surface area contributed by atoms with E-state index in [-0.39, 0.29) is 0 Å². The summed E-state index contributed by atoms with van der Waals surface area (Å²) < 4.78 is 0. The molecule has 0 aromatic heterocycles. The average Bonchev–Trinajstić information content (AvgIpc) is 2.33. The van der Waals surface area contributed by atoms with Crippen LogP contribution in [0.25, 0.3) is 0 Å². The quantitative estimate of drug-likeness (QED) is 0.750. The SMILES string of the molecule is CC(C)CC(C)NC1CSC(C)C1. The summed E-state index contributed by atoms with van der Waals surface area (Å²) in [7, 11) is 0. The molecule has 1 aliphatic rings. The number of nitrogens with one attached hydrogen (secondary N) is 1. The molecule has 2 heteroatoms. The van der Waals surface area contributed by atoms with E-state index in [9.17, 15) is 0 Å². The summed E-state index contributed by atoms with van der Waals surface area (Å²) in [4.78, 5) is 0. The zero-order chi connectivity index (χ0) is 9.84. The van der Waals surface area contributed by atoms with Crippen molar-refractivity contribution in [3.8, 4) is 0 Å². The zero-order valence-electron chi connectivity index (χ0n) is 9.34. The van der Waals surface area contributed by atoms with E-state index >= 15 is 0 Å². The minimum atomic E-state index is 0.691. The molecule has 0 radical (unpaired) electrons. The summed E-state index contributed by atoms with van der Waals surface area (Å²) in [5.41, 5.74) is 0. The Morgan fingerprint density at radius 1 is 1.38 bits per heavy atom. The van der Waals surface area contributed by atoms with Gasteiger partial charge >= 0.3 is 0 Å². The molecule has 3 atom stereocenters. The van der Waals surface area contributed by atoms with Crippen LogP contribution in [0.3, 0.4) is 0 Å². The summed E-state index contributed by atoms with van der Waals surface area (Å²) in [6, 6.07) is 1.46. The first-order valence-electron chi connectivity index (χ1n) is 5.45. The van der Waals surface area contributed by atoms with E-state index in [0.717, 1.165) is 17.2 Å². The summed E-state index contributed by atoms with van der Waals surface area (Å²) in [5.74, 6) is 2.12. The van der Waals surface area contributed by atoms with Crippen LogP contribution in [0.5, 0.6) is 0 Å². The van der Waals surface area contributed by atoms with E-state index in [1.165, 1.54) is 18.6 Å². The lowest BCUT2D eigenvalue weighted by molar-refractivity contribution is 0.399. The predicted octanol–water partition coefficient (Wildman–Crippen LogP) is 2.90. The van der Waals surface area contributed by atoms with E-state index in [4.69, 9.17) is 0 Å². The summed E-state index contributed by atoms with van der Waals surface area (Å²) in [6.07, 6.45) is 2.66. The fourth-order valence-electron chi connectivity index (χ4n) is 2.11. The van der Waals surface area contributed by atoms with Crippen molar-refractivity contribution in [2.45, 2.75) is 57.9 Å². The van der Waals surface area contributed by atoms with Crippen LogP contribution in [0.2, 0.25) is 0 Å². The second-order valence-electron chi connectivity index (χ2n) is 4.77. The van der Waals surface area contributed by atoms with Gasteiger partial charge in [-0.3, -0.25) is 0 Å². The third-order valence-corrected chi connectivity index (χ3v) is 3.90. The molecule has 3 unspecified atom stereocenters. The van der Waals surface area contributed by atoms with Crippen molar-refractivity contribution in [1.82, 2.24) is 5.32 Å². The highest BCUT2D eigenvalue weighted by molar-refractivity contribution is 8.00. The summed E-state index contributed by atoms with van der Waals surface area (Å²) in [5, 5.41) is 4.58. The zero-order valence-corrected chi connectivity index (χ0v) is 10.2. The molecule has 0 aliphatic carbocycles. The molecule has 0 amide bonds. The predicted molar refractivity (Wildman–Crippen MR) is 62.4 cm³/mol. The molecule has 1 rings (SSSR count). The van der Waals surface area contributed by atoms with Gasteiger partial charge in [-0.15, -0.1) is 0 Å². The molecule has 0 aromatic carbocycles. The standard InChI is InChI=1S/C11H23NS/c1-8(2)5-9(3)12-11-6-10(4)13-7-11/h8-12H,5-7H2,1-4H3. The Kier molecular flexibility index (Phi) is 4.60. The van der Waals surface area contributed by atoms with Crippen LogP contribution in [0.1, 0.15) is 40.5 Å². The molecule has 1 nitrogen and oxygen atoms in total. The largest absolute Gasteiger partial charge is 0.311 e. The molecule has 1 fully saturated rings. The van der Waals surface area contributed by atoms with Crippen molar-refractivity contribution in [3.05, 3.63) is 0 Å². The first-order valence-corrected chi connectivity index (χ1v) is 6.50. The van der Waals surface area contributed by atoms with Gasteiger partial charge in [0.05, 0.1) is 0 Å². The first-order chi connectivity index (χ1) is 6.08. The maximum absolute atomic E-state index is 3.72. The van der Waals surface area contributed by atoms with Crippen LogP contribution in [0.4, 0.5) is 0 Å². The Morgan fingerprint density at radius 2 is 2.08 bits per heavy atom. The van der Waals surface area contributed by atoms with Crippen molar-refractivity contribution in [1.29, 1.82) is 0 Å². The molecule has 0 saturated carbocycles. The lowest BCUT2D eigenvalue weighted by Gasteiger charge is -2.20. The van der Waals surface area contributed by atoms with Gasteiger partial charge in [0.2, 0.25) is 0 Å². The Morgan fingerprint density at radius 3 is 2.54 bits per heavy atom. The molecular formula is C11H23NS. The van der Waals surface area contributed by atoms with Crippen LogP contribution < -0.4 is 5.32 Å². The van der Waals surface area contributed by atoms with Crippen molar-refractivity contribution in [2.75, 3.05) is 5.75 Å². The average molecular weight is 201 g/mol. The van der Waals surface area contributed by atoms with E-state index in [1.807, 2.05) is 0 Å². The Labute approximate surface area is 87.1 Å². The smallest absolute Gasteiger partial charge is 0.0171 e. The van der Waals surface area contributed by atoms with Gasteiger partial charge in [0.25, 0.3) is 0 Å². The Bertz CT molecular complexity index is 147. The summed E-state index contributed by atoms with van der Waals surface area (Å²) >= 11 is 2.10. The van der Waals surface area contributed by atoms with E-state index in [2.05, 4.69) is 44.8 Å². The van der Waals surface area contributed by atoms with Gasteiger partial charge in [0.15, 0.2) is 0 Å². The second-order valence-corrected chi connectivity index (χ2v) is 6.25. The van der Waals surface area contributed by atoms with Gasteiger partial charge in [-0.2, -0.15) is 11.8 Å². The number of rotatable bonds is 4. The molecule has 1 saturated heterocycles. The van der Waals surface area contributed by atoms with Crippen molar-refractivity contribution < 1.29 is 0 Å². The molecule has 1 N–H and O–H groups in total. The molecule has 1 aliphatic heterocycles. The highest BCUT2D eigenvalue weighted by atomic mass is 32.2. The molecule has 0 bridgehead atoms. The summed E-state index contributed by atoms with van der Waals surface area (Å²) in [6.45, 7) is 9.24. The van der Waals surface area contributed by atoms with Crippen molar-refractivity contribution in [3.63, 3.8) is 0 Å². The molecule has 0 spiro atoms. The van der Waals surface area contributed by atoms with Gasteiger partial charge in [-0.05, 0) is 25.7 Å². The fourth-order valence-corrected chi connectivity index (χ4v) is 3.27. The van der Waals surface area contributed by atoms with Crippen LogP contribution in [-0.2, 0) is 0 Å². The Balaban J connectivity index is 2.16. The van der Waals surface area contributed by atoms with Crippen LogP contribution in [0, 0.1) is 5.92 Å². The van der Waals surface area contributed by atoms with Gasteiger partial charge < -0.3 is 5.32 Å². The third-order valence-electron chi connectivity index (χ3n) is 2.54. The molecule has 0 aromatic rings. The maximum Gasteiger partial charge on any atom is 0.0171 e. The minimum absolute atomic E-state index is 0.691. The number of hydrogen-bond donors (Lipinski definition) is 1. The van der Waals surface area contributed by atoms with Gasteiger partial charge in [-0.25, -0.2) is 0 Å². The highest BCUT2D eigenvalue weighted by Crippen LogP contribution is 2.26. The van der Waals surface area contributed by atoms with Crippen LogP contribution in [-0.4, -0.2) is 23.1 Å². The van der Waals surface area contributed by atoms with Crippen molar-refractivity contribution in [2.24, 2.45) is 5.92 Å². The van der Waals surface area contributed by atoms with E-state index < -0.39 is 0 Å². The maximum atomic E-state index is 3.72. The van der Waals surface area contributed by atoms with Crippen molar-refractivity contribution >= 4 is 11.8 Å². The number of hydrogen-bond acceptors (Lipinski definition) is 2. The van der Waals surface area contributed by atoms with Crippen LogP contribution >= 0.6 is 11.8 Å². The van der Waals surface area contributed by atoms with Gasteiger partial charge in [0, 0.05) is 23.1 Å². The van der Waals surface area contributed by atoms with E-state index in [1.54, 1.807) is 0 Å². The van der Waals surface area contributed by atoms with E-state index in [0.29, 0.717) is 6.04 Å². The molecule has 13 heavy (non-hydrogen) atoms. The Hall–Kier alpha value is 0.310. The molecule has 78 valence electrons. The minimum Gasteiger partial charge on any atom is -0.311 e. The lowest BCUT2D eigenvalue weighted by atomic mass is 10.0. The molecule has 1 heterocycles. The lowest BCUT2D eigenvalue weighted by Crippen LogP contribution is -2.37. The molecular weight excluding hydrogens is 178 g/mol. The fraction of sp³-hybridized carbons (Fsp3) is 1.00. The second kappa shape index (κ2) is 5.26. The first kappa shape index (κ1) is 11.4. The highest BCUT2D eigenvalue weighted by Gasteiger charge is 2.22.